The maximum atomic E-state index is 12.5. The van der Waals surface area contributed by atoms with Crippen molar-refractivity contribution < 1.29 is 8.42 Å². The van der Waals surface area contributed by atoms with Crippen LogP contribution in [0.5, 0.6) is 0 Å². The van der Waals surface area contributed by atoms with Gasteiger partial charge in [0, 0.05) is 6.54 Å². The van der Waals surface area contributed by atoms with Gasteiger partial charge in [-0.2, -0.15) is 5.26 Å². The molecule has 5 heteroatoms. The van der Waals surface area contributed by atoms with Gasteiger partial charge >= 0.3 is 0 Å². The summed E-state index contributed by atoms with van der Waals surface area (Å²) in [6, 6.07) is 6.76. The van der Waals surface area contributed by atoms with E-state index in [1.54, 1.807) is 19.1 Å². The van der Waals surface area contributed by atoms with Gasteiger partial charge in [0.1, 0.15) is 0 Å². The molecule has 1 aromatic rings. The predicted molar refractivity (Wildman–Crippen MR) is 82.3 cm³/mol. The van der Waals surface area contributed by atoms with E-state index < -0.39 is 10.0 Å². The summed E-state index contributed by atoms with van der Waals surface area (Å²) in [5, 5.41) is 8.94. The van der Waals surface area contributed by atoms with Crippen molar-refractivity contribution >= 4 is 10.0 Å². The van der Waals surface area contributed by atoms with Crippen molar-refractivity contribution in [1.82, 2.24) is 4.72 Å². The van der Waals surface area contributed by atoms with E-state index in [9.17, 15) is 8.42 Å². The summed E-state index contributed by atoms with van der Waals surface area (Å²) in [6.45, 7) is 4.37. The van der Waals surface area contributed by atoms with Crippen LogP contribution >= 0.6 is 0 Å². The molecule has 2 rings (SSSR count). The normalized spacial score (nSPS) is 17.6. The second-order valence-electron chi connectivity index (χ2n) is 5.98. The average molecular weight is 306 g/mol. The molecule has 1 N–H and O–H groups in total. The molecule has 0 spiro atoms. The Morgan fingerprint density at radius 1 is 1.33 bits per heavy atom. The smallest absolute Gasteiger partial charge is 0.211 e. The molecule has 0 aromatic heterocycles. The van der Waals surface area contributed by atoms with Gasteiger partial charge in [0.15, 0.2) is 0 Å². The van der Waals surface area contributed by atoms with Crippen molar-refractivity contribution in [3.05, 3.63) is 29.3 Å². The van der Waals surface area contributed by atoms with E-state index >= 15 is 0 Å². The zero-order valence-corrected chi connectivity index (χ0v) is 13.5. The molecule has 1 aliphatic rings. The van der Waals surface area contributed by atoms with E-state index in [1.165, 1.54) is 18.9 Å². The highest BCUT2D eigenvalue weighted by Crippen LogP contribution is 2.40. The lowest BCUT2D eigenvalue weighted by molar-refractivity contribution is 0.285. The summed E-state index contributed by atoms with van der Waals surface area (Å²) in [6.07, 6.45) is 5.52. The van der Waals surface area contributed by atoms with Gasteiger partial charge in [0.25, 0.3) is 0 Å². The number of hydrogen-bond donors (Lipinski definition) is 1. The Hall–Kier alpha value is -1.38. The molecule has 1 aliphatic carbocycles. The lowest BCUT2D eigenvalue weighted by Gasteiger charge is -2.27. The molecule has 114 valence electrons. The third-order valence-corrected chi connectivity index (χ3v) is 6.20. The standard InChI is InChI=1S/C16H22N2O2S/c1-3-16(8-4-5-9-16)12-18-21(19,20)15-10-14(11-17)7-6-13(15)2/h6-7,10,18H,3-5,8-9,12H2,1-2H3. The first-order chi connectivity index (χ1) is 9.92. The summed E-state index contributed by atoms with van der Waals surface area (Å²) in [5.41, 5.74) is 1.14. The van der Waals surface area contributed by atoms with Gasteiger partial charge in [0.05, 0.1) is 16.5 Å². The van der Waals surface area contributed by atoms with E-state index in [4.69, 9.17) is 5.26 Å². The van der Waals surface area contributed by atoms with Gasteiger partial charge < -0.3 is 0 Å². The first-order valence-electron chi connectivity index (χ1n) is 7.43. The summed E-state index contributed by atoms with van der Waals surface area (Å²) in [7, 11) is -3.56. The van der Waals surface area contributed by atoms with Crippen LogP contribution in [0.25, 0.3) is 0 Å². The Bertz CT molecular complexity index is 653. The van der Waals surface area contributed by atoms with Gasteiger partial charge in [-0.3, -0.25) is 0 Å². The predicted octanol–water partition coefficient (Wildman–Crippen LogP) is 3.12. The van der Waals surface area contributed by atoms with Crippen LogP contribution in [0.2, 0.25) is 0 Å². The van der Waals surface area contributed by atoms with Crippen molar-refractivity contribution in [3.63, 3.8) is 0 Å². The zero-order valence-electron chi connectivity index (χ0n) is 12.6. The Balaban J connectivity index is 2.21. The van der Waals surface area contributed by atoms with Crippen LogP contribution in [0.4, 0.5) is 0 Å². The number of nitrogens with zero attached hydrogens (tertiary/aromatic N) is 1. The fourth-order valence-electron chi connectivity index (χ4n) is 3.07. The van der Waals surface area contributed by atoms with Crippen molar-refractivity contribution in [2.45, 2.75) is 50.8 Å². The van der Waals surface area contributed by atoms with E-state index in [2.05, 4.69) is 11.6 Å². The topological polar surface area (TPSA) is 70.0 Å². The summed E-state index contributed by atoms with van der Waals surface area (Å²) in [5.74, 6) is 0. The third-order valence-electron chi connectivity index (χ3n) is 4.66. The minimum atomic E-state index is -3.56. The molecular formula is C16H22N2O2S. The van der Waals surface area contributed by atoms with E-state index in [0.717, 1.165) is 19.3 Å². The van der Waals surface area contributed by atoms with Crippen molar-refractivity contribution in [2.24, 2.45) is 5.41 Å². The molecule has 0 saturated heterocycles. The van der Waals surface area contributed by atoms with Gasteiger partial charge in [-0.1, -0.05) is 25.8 Å². The van der Waals surface area contributed by atoms with Crippen molar-refractivity contribution in [1.29, 1.82) is 5.26 Å². The zero-order chi connectivity index (χ0) is 15.5. The Morgan fingerprint density at radius 2 is 2.00 bits per heavy atom. The molecule has 0 atom stereocenters. The molecule has 0 radical (unpaired) electrons. The number of nitrogens with one attached hydrogen (secondary N) is 1. The molecule has 1 aromatic carbocycles. The van der Waals surface area contributed by atoms with E-state index in [0.29, 0.717) is 17.7 Å². The summed E-state index contributed by atoms with van der Waals surface area (Å²) < 4.78 is 27.8. The highest BCUT2D eigenvalue weighted by Gasteiger charge is 2.33. The number of benzene rings is 1. The van der Waals surface area contributed by atoms with Gasteiger partial charge in [-0.25, -0.2) is 13.1 Å². The maximum absolute atomic E-state index is 12.5. The summed E-state index contributed by atoms with van der Waals surface area (Å²) in [4.78, 5) is 0.214. The summed E-state index contributed by atoms with van der Waals surface area (Å²) >= 11 is 0. The largest absolute Gasteiger partial charge is 0.240 e. The first-order valence-corrected chi connectivity index (χ1v) is 8.91. The van der Waals surface area contributed by atoms with Crippen molar-refractivity contribution in [2.75, 3.05) is 6.54 Å². The van der Waals surface area contributed by atoms with Crippen LogP contribution < -0.4 is 4.72 Å². The Labute approximate surface area is 127 Å². The molecule has 4 nitrogen and oxygen atoms in total. The average Bonchev–Trinajstić information content (AvgIpc) is 2.95. The van der Waals surface area contributed by atoms with Crippen LogP contribution in [-0.2, 0) is 10.0 Å². The monoisotopic (exact) mass is 306 g/mol. The quantitative estimate of drug-likeness (QED) is 0.908. The molecule has 0 bridgehead atoms. The number of hydrogen-bond acceptors (Lipinski definition) is 3. The Kier molecular flexibility index (Phi) is 4.70. The molecular weight excluding hydrogens is 284 g/mol. The first kappa shape index (κ1) is 16.0. The fourth-order valence-corrected chi connectivity index (χ4v) is 4.49. The maximum Gasteiger partial charge on any atom is 0.240 e. The molecule has 0 amide bonds. The van der Waals surface area contributed by atoms with Crippen LogP contribution in [0.1, 0.15) is 50.2 Å². The minimum Gasteiger partial charge on any atom is -0.211 e. The highest BCUT2D eigenvalue weighted by atomic mass is 32.2. The molecule has 1 saturated carbocycles. The molecule has 0 aliphatic heterocycles. The van der Waals surface area contributed by atoms with E-state index in [-0.39, 0.29) is 10.3 Å². The molecule has 21 heavy (non-hydrogen) atoms. The molecule has 0 heterocycles. The lowest BCUT2D eigenvalue weighted by atomic mass is 9.84. The number of nitriles is 1. The second kappa shape index (κ2) is 6.17. The van der Waals surface area contributed by atoms with E-state index in [1.807, 2.05) is 6.07 Å². The van der Waals surface area contributed by atoms with Gasteiger partial charge in [0.2, 0.25) is 10.0 Å². The highest BCUT2D eigenvalue weighted by molar-refractivity contribution is 7.89. The van der Waals surface area contributed by atoms with Crippen LogP contribution in [0, 0.1) is 23.7 Å². The number of rotatable bonds is 5. The third kappa shape index (κ3) is 3.45. The van der Waals surface area contributed by atoms with Gasteiger partial charge in [-0.15, -0.1) is 0 Å². The van der Waals surface area contributed by atoms with Crippen LogP contribution in [0.3, 0.4) is 0 Å². The van der Waals surface area contributed by atoms with Gasteiger partial charge in [-0.05, 0) is 49.3 Å². The SMILES string of the molecule is CCC1(CNS(=O)(=O)c2cc(C#N)ccc2C)CCCC1. The molecule has 0 unspecified atom stereocenters. The van der Waals surface area contributed by atoms with Crippen LogP contribution in [0.15, 0.2) is 23.1 Å². The van der Waals surface area contributed by atoms with Crippen molar-refractivity contribution in [3.8, 4) is 6.07 Å². The Morgan fingerprint density at radius 3 is 2.57 bits per heavy atom. The number of aryl methyl sites for hydroxylation is 1. The lowest BCUT2D eigenvalue weighted by Crippen LogP contribution is -2.35. The number of sulfonamides is 1. The minimum absolute atomic E-state index is 0.105. The second-order valence-corrected chi connectivity index (χ2v) is 7.71. The van der Waals surface area contributed by atoms with Crippen LogP contribution in [-0.4, -0.2) is 15.0 Å². The molecule has 1 fully saturated rings. The fraction of sp³-hybridized carbons (Fsp3) is 0.562.